The molecule has 0 atom stereocenters. The van der Waals surface area contributed by atoms with Crippen LogP contribution >= 0.6 is 15.9 Å². The van der Waals surface area contributed by atoms with Gasteiger partial charge in [-0.3, -0.25) is 9.59 Å². The number of nitrogens with one attached hydrogen (secondary N) is 2. The molecule has 0 saturated carbocycles. The second-order valence-electron chi connectivity index (χ2n) is 6.66. The Kier molecular flexibility index (Phi) is 7.88. The average Bonchev–Trinajstić information content (AvgIpc) is 2.79. The molecule has 0 saturated heterocycles. The van der Waals surface area contributed by atoms with Gasteiger partial charge >= 0.3 is 0 Å². The van der Waals surface area contributed by atoms with Crippen LogP contribution in [0, 0.1) is 0 Å². The molecule has 3 aromatic carbocycles. The van der Waals surface area contributed by atoms with Crippen molar-refractivity contribution in [2.45, 2.75) is 0 Å². The van der Waals surface area contributed by atoms with Crippen LogP contribution in [0.3, 0.4) is 0 Å². The first-order valence-corrected chi connectivity index (χ1v) is 10.4. The van der Waals surface area contributed by atoms with Gasteiger partial charge in [0.1, 0.15) is 0 Å². The molecule has 0 radical (unpaired) electrons. The molecule has 7 nitrogen and oxygen atoms in total. The van der Waals surface area contributed by atoms with E-state index in [2.05, 4.69) is 26.6 Å². The largest absolute Gasteiger partial charge is 0.493 e. The van der Waals surface area contributed by atoms with Crippen LogP contribution in [0.2, 0.25) is 0 Å². The van der Waals surface area contributed by atoms with Gasteiger partial charge in [-0.25, -0.2) is 0 Å². The third-order valence-electron chi connectivity index (χ3n) is 4.32. The minimum atomic E-state index is -0.324. The predicted molar refractivity (Wildman–Crippen MR) is 130 cm³/mol. The highest BCUT2D eigenvalue weighted by molar-refractivity contribution is 9.10. The summed E-state index contributed by atoms with van der Waals surface area (Å²) in [5.41, 5.74) is 8.22. The maximum atomic E-state index is 12.2. The maximum absolute atomic E-state index is 12.2. The van der Waals surface area contributed by atoms with Crippen molar-refractivity contribution in [3.63, 3.8) is 0 Å². The fraction of sp³-hybridized carbons (Fsp3) is 0.0833. The van der Waals surface area contributed by atoms with E-state index in [1.54, 1.807) is 60.7 Å². The molecule has 0 spiro atoms. The number of hydrogen-bond donors (Lipinski definition) is 3. The number of carbonyl (C=O) groups is 2. The number of nitrogen functional groups attached to an aromatic ring is 1. The van der Waals surface area contributed by atoms with Crippen LogP contribution in [0.4, 0.5) is 17.1 Å². The van der Waals surface area contributed by atoms with Crippen LogP contribution in [0.5, 0.6) is 11.5 Å². The van der Waals surface area contributed by atoms with Crippen LogP contribution in [0.15, 0.2) is 77.3 Å². The highest BCUT2D eigenvalue weighted by Crippen LogP contribution is 2.28. The van der Waals surface area contributed by atoms with Crippen molar-refractivity contribution in [1.82, 2.24) is 0 Å². The van der Waals surface area contributed by atoms with Crippen molar-refractivity contribution >= 4 is 50.9 Å². The molecule has 0 fully saturated rings. The lowest BCUT2D eigenvalue weighted by Crippen LogP contribution is -2.20. The summed E-state index contributed by atoms with van der Waals surface area (Å²) in [6.45, 7) is -0.201. The number of amides is 2. The lowest BCUT2D eigenvalue weighted by atomic mass is 10.2. The predicted octanol–water partition coefficient (Wildman–Crippen LogP) is 4.71. The number of nitrogens with two attached hydrogens (primary N) is 1. The highest BCUT2D eigenvalue weighted by Gasteiger charge is 2.09. The summed E-state index contributed by atoms with van der Waals surface area (Å²) in [4.78, 5) is 24.4. The van der Waals surface area contributed by atoms with E-state index in [4.69, 9.17) is 15.2 Å². The van der Waals surface area contributed by atoms with Gasteiger partial charge in [0.25, 0.3) is 5.91 Å². The van der Waals surface area contributed by atoms with Gasteiger partial charge in [0.05, 0.1) is 18.5 Å². The van der Waals surface area contributed by atoms with E-state index in [0.29, 0.717) is 34.1 Å². The minimum absolute atomic E-state index is 0.201. The molecule has 0 aliphatic rings. The monoisotopic (exact) mass is 495 g/mol. The summed E-state index contributed by atoms with van der Waals surface area (Å²) >= 11 is 3.35. The number of benzene rings is 3. The lowest BCUT2D eigenvalue weighted by Gasteiger charge is -2.12. The summed E-state index contributed by atoms with van der Waals surface area (Å²) < 4.78 is 11.9. The zero-order valence-corrected chi connectivity index (χ0v) is 18.9. The van der Waals surface area contributed by atoms with Crippen molar-refractivity contribution in [3.05, 3.63) is 82.8 Å². The van der Waals surface area contributed by atoms with Crippen LogP contribution in [-0.4, -0.2) is 25.5 Å². The van der Waals surface area contributed by atoms with Gasteiger partial charge < -0.3 is 25.8 Å². The Balaban J connectivity index is 1.62. The Morgan fingerprint density at radius 3 is 2.47 bits per heavy atom. The Labute approximate surface area is 194 Å². The van der Waals surface area contributed by atoms with Gasteiger partial charge in [0, 0.05) is 16.2 Å². The standard InChI is InChI=1S/C24H22BrN3O4/c1-31-21-12-6-16(7-13-23(29)28-20-5-3-2-4-19(20)26)14-22(21)32-15-24(30)27-18-10-8-17(25)9-11-18/h2-14H,15,26H2,1H3,(H,27,30)(H,28,29)/b13-7+. The van der Waals surface area contributed by atoms with Gasteiger partial charge in [-0.05, 0) is 60.2 Å². The molecule has 0 aliphatic carbocycles. The number of para-hydroxylation sites is 2. The summed E-state index contributed by atoms with van der Waals surface area (Å²) in [6, 6.07) is 19.4. The summed E-state index contributed by atoms with van der Waals surface area (Å²) in [7, 11) is 1.51. The van der Waals surface area contributed by atoms with Gasteiger partial charge in [0.2, 0.25) is 5.91 Å². The molecule has 0 heterocycles. The summed E-state index contributed by atoms with van der Waals surface area (Å²) in [5, 5.41) is 5.48. The number of carbonyl (C=O) groups excluding carboxylic acids is 2. The SMILES string of the molecule is COc1ccc(/C=C/C(=O)Nc2ccccc2N)cc1OCC(=O)Nc1ccc(Br)cc1. The minimum Gasteiger partial charge on any atom is -0.493 e. The van der Waals surface area contributed by atoms with E-state index < -0.39 is 0 Å². The first kappa shape index (κ1) is 22.9. The molecule has 3 rings (SSSR count). The molecule has 2 amide bonds. The van der Waals surface area contributed by atoms with Crippen molar-refractivity contribution in [2.75, 3.05) is 30.1 Å². The van der Waals surface area contributed by atoms with E-state index in [0.717, 1.165) is 4.47 Å². The molecule has 0 unspecified atom stereocenters. The number of halogens is 1. The Morgan fingerprint density at radius 2 is 1.75 bits per heavy atom. The fourth-order valence-electron chi connectivity index (χ4n) is 2.74. The van der Waals surface area contributed by atoms with Crippen LogP contribution in [-0.2, 0) is 9.59 Å². The first-order chi connectivity index (χ1) is 15.4. The normalized spacial score (nSPS) is 10.6. The smallest absolute Gasteiger partial charge is 0.262 e. The third kappa shape index (κ3) is 6.61. The lowest BCUT2D eigenvalue weighted by molar-refractivity contribution is -0.118. The topological polar surface area (TPSA) is 103 Å². The van der Waals surface area contributed by atoms with Gasteiger partial charge in [-0.2, -0.15) is 0 Å². The zero-order valence-electron chi connectivity index (χ0n) is 17.3. The highest BCUT2D eigenvalue weighted by atomic mass is 79.9. The van der Waals surface area contributed by atoms with E-state index >= 15 is 0 Å². The molecule has 32 heavy (non-hydrogen) atoms. The van der Waals surface area contributed by atoms with E-state index in [9.17, 15) is 9.59 Å². The first-order valence-electron chi connectivity index (χ1n) is 9.64. The molecule has 0 bridgehead atoms. The zero-order chi connectivity index (χ0) is 22.9. The van der Waals surface area contributed by atoms with Gasteiger partial charge in [0.15, 0.2) is 18.1 Å². The Bertz CT molecular complexity index is 1130. The quantitative estimate of drug-likeness (QED) is 0.310. The van der Waals surface area contributed by atoms with Crippen molar-refractivity contribution < 1.29 is 19.1 Å². The molecule has 4 N–H and O–H groups in total. The third-order valence-corrected chi connectivity index (χ3v) is 4.85. The summed E-state index contributed by atoms with van der Waals surface area (Å²) in [5.74, 6) is 0.221. The molecule has 164 valence electrons. The molecule has 3 aromatic rings. The van der Waals surface area contributed by atoms with Crippen molar-refractivity contribution in [2.24, 2.45) is 0 Å². The van der Waals surface area contributed by atoms with Crippen LogP contribution < -0.4 is 25.8 Å². The Hall–Kier alpha value is -3.78. The van der Waals surface area contributed by atoms with Gasteiger partial charge in [-0.1, -0.05) is 34.1 Å². The van der Waals surface area contributed by atoms with Crippen molar-refractivity contribution in [1.29, 1.82) is 0 Å². The average molecular weight is 496 g/mol. The molecule has 0 aliphatic heterocycles. The van der Waals surface area contributed by atoms with Crippen LogP contribution in [0.25, 0.3) is 6.08 Å². The molecular formula is C24H22BrN3O4. The Morgan fingerprint density at radius 1 is 1.00 bits per heavy atom. The molecule has 0 aromatic heterocycles. The number of hydrogen-bond acceptors (Lipinski definition) is 5. The fourth-order valence-corrected chi connectivity index (χ4v) is 3.00. The number of methoxy groups -OCH3 is 1. The number of rotatable bonds is 8. The second-order valence-corrected chi connectivity index (χ2v) is 7.58. The second kappa shape index (κ2) is 11.0. The van der Waals surface area contributed by atoms with E-state index in [-0.39, 0.29) is 18.4 Å². The van der Waals surface area contributed by atoms with Crippen LogP contribution in [0.1, 0.15) is 5.56 Å². The number of anilines is 3. The molecular weight excluding hydrogens is 474 g/mol. The molecule has 8 heteroatoms. The maximum Gasteiger partial charge on any atom is 0.262 e. The summed E-state index contributed by atoms with van der Waals surface area (Å²) in [6.07, 6.45) is 3.01. The van der Waals surface area contributed by atoms with E-state index in [1.807, 2.05) is 12.1 Å². The number of ether oxygens (including phenoxy) is 2. The van der Waals surface area contributed by atoms with Gasteiger partial charge in [-0.15, -0.1) is 0 Å². The van der Waals surface area contributed by atoms with Crippen molar-refractivity contribution in [3.8, 4) is 11.5 Å². The van der Waals surface area contributed by atoms with E-state index in [1.165, 1.54) is 13.2 Å².